The molecule has 1 atom stereocenters. The van der Waals surface area contributed by atoms with Crippen molar-refractivity contribution in [1.29, 1.82) is 0 Å². The number of likely N-dealkylation sites (tertiary alicyclic amines) is 1. The number of hydrogen-bond donors (Lipinski definition) is 1. The summed E-state index contributed by atoms with van der Waals surface area (Å²) in [6.45, 7) is 3.97. The van der Waals surface area contributed by atoms with E-state index in [4.69, 9.17) is 0 Å². The second-order valence-corrected chi connectivity index (χ2v) is 11.5. The standard InChI is InChI=1S/C29H44N4O4/c1-31-14-10-22(11-15-31)12-16-32(2)28(36)23-8-9-24-20-33(17-13-21-6-4-3-5-7-21)29(37)26(19-27(34)35)30-25(24)18-23/h8-9,18,21-22,26,30H,3-7,10-17,19-20H2,1-2H3,(H,34,35)/p-1. The van der Waals surface area contributed by atoms with Crippen molar-refractivity contribution in [3.8, 4) is 0 Å². The Bertz CT molecular complexity index is 953. The molecule has 0 spiro atoms. The Kier molecular flexibility index (Phi) is 9.46. The first-order valence-electron chi connectivity index (χ1n) is 14.1. The van der Waals surface area contributed by atoms with Gasteiger partial charge in [-0.05, 0) is 75.4 Å². The van der Waals surface area contributed by atoms with Gasteiger partial charge in [0.25, 0.3) is 5.91 Å². The number of aliphatic carboxylic acids is 1. The molecule has 1 saturated heterocycles. The second-order valence-electron chi connectivity index (χ2n) is 11.5. The highest BCUT2D eigenvalue weighted by Gasteiger charge is 2.30. The topological polar surface area (TPSA) is 96.0 Å². The van der Waals surface area contributed by atoms with Gasteiger partial charge in [-0.1, -0.05) is 38.2 Å². The number of fused-ring (bicyclic) bond motifs is 1. The summed E-state index contributed by atoms with van der Waals surface area (Å²) in [5.74, 6) is -0.251. The molecule has 0 aromatic heterocycles. The van der Waals surface area contributed by atoms with E-state index < -0.39 is 18.4 Å². The lowest BCUT2D eigenvalue weighted by Gasteiger charge is -2.30. The molecule has 1 aliphatic carbocycles. The van der Waals surface area contributed by atoms with Crippen LogP contribution in [0, 0.1) is 11.8 Å². The molecule has 2 aliphatic heterocycles. The van der Waals surface area contributed by atoms with Gasteiger partial charge in [-0.25, -0.2) is 0 Å². The molecule has 1 saturated carbocycles. The monoisotopic (exact) mass is 511 g/mol. The summed E-state index contributed by atoms with van der Waals surface area (Å²) in [7, 11) is 3.99. The van der Waals surface area contributed by atoms with Crippen LogP contribution in [0.15, 0.2) is 18.2 Å². The smallest absolute Gasteiger partial charge is 0.253 e. The van der Waals surface area contributed by atoms with E-state index in [1.807, 2.05) is 19.2 Å². The lowest BCUT2D eigenvalue weighted by molar-refractivity contribution is -0.305. The zero-order chi connectivity index (χ0) is 26.4. The summed E-state index contributed by atoms with van der Waals surface area (Å²) < 4.78 is 0. The Hall–Kier alpha value is -2.61. The minimum absolute atomic E-state index is 0.0568. The number of hydrogen-bond acceptors (Lipinski definition) is 6. The average Bonchev–Trinajstić information content (AvgIpc) is 3.02. The average molecular weight is 512 g/mol. The van der Waals surface area contributed by atoms with E-state index in [0.29, 0.717) is 42.7 Å². The van der Waals surface area contributed by atoms with Gasteiger partial charge in [0, 0.05) is 50.3 Å². The van der Waals surface area contributed by atoms with Gasteiger partial charge in [-0.2, -0.15) is 0 Å². The summed E-state index contributed by atoms with van der Waals surface area (Å²) in [6, 6.07) is 4.62. The fourth-order valence-corrected chi connectivity index (χ4v) is 6.09. The molecule has 2 fully saturated rings. The summed E-state index contributed by atoms with van der Waals surface area (Å²) >= 11 is 0. The second kappa shape index (κ2) is 12.8. The summed E-state index contributed by atoms with van der Waals surface area (Å²) in [5.41, 5.74) is 2.12. The quantitative estimate of drug-likeness (QED) is 0.548. The third-order valence-corrected chi connectivity index (χ3v) is 8.62. The number of nitrogens with one attached hydrogen (secondary N) is 1. The van der Waals surface area contributed by atoms with Crippen LogP contribution in [-0.4, -0.2) is 78.8 Å². The van der Waals surface area contributed by atoms with Gasteiger partial charge in [0.2, 0.25) is 5.91 Å². The van der Waals surface area contributed by atoms with E-state index in [1.165, 1.54) is 44.9 Å². The fourth-order valence-electron chi connectivity index (χ4n) is 6.09. The minimum Gasteiger partial charge on any atom is -0.550 e. The first-order chi connectivity index (χ1) is 17.8. The number of anilines is 1. The number of piperidine rings is 1. The maximum atomic E-state index is 13.3. The van der Waals surface area contributed by atoms with Crippen molar-refractivity contribution in [2.45, 2.75) is 76.8 Å². The molecule has 37 heavy (non-hydrogen) atoms. The molecule has 2 heterocycles. The Morgan fingerprint density at radius 3 is 2.46 bits per heavy atom. The predicted molar refractivity (Wildman–Crippen MR) is 142 cm³/mol. The normalized spacial score (nSPS) is 21.7. The van der Waals surface area contributed by atoms with Gasteiger partial charge in [-0.3, -0.25) is 9.59 Å². The molecule has 0 radical (unpaired) electrons. The van der Waals surface area contributed by atoms with Crippen molar-refractivity contribution >= 4 is 23.5 Å². The fraction of sp³-hybridized carbons (Fsp3) is 0.690. The summed E-state index contributed by atoms with van der Waals surface area (Å²) in [6.07, 6.45) is 10.1. The molecular weight excluding hydrogens is 468 g/mol. The van der Waals surface area contributed by atoms with Crippen LogP contribution in [0.3, 0.4) is 0 Å². The van der Waals surface area contributed by atoms with Gasteiger partial charge in [0.05, 0.1) is 0 Å². The molecule has 2 amide bonds. The maximum Gasteiger partial charge on any atom is 0.253 e. The highest BCUT2D eigenvalue weighted by Crippen LogP contribution is 2.30. The van der Waals surface area contributed by atoms with E-state index >= 15 is 0 Å². The Morgan fingerprint density at radius 1 is 1.05 bits per heavy atom. The van der Waals surface area contributed by atoms with E-state index in [0.717, 1.165) is 31.5 Å². The number of carbonyl (C=O) groups is 3. The zero-order valence-corrected chi connectivity index (χ0v) is 22.5. The third-order valence-electron chi connectivity index (χ3n) is 8.62. The number of carboxylic acids is 1. The number of carboxylic acid groups (broad SMARTS) is 1. The number of benzene rings is 1. The maximum absolute atomic E-state index is 13.3. The molecule has 0 bridgehead atoms. The molecular formula is C29H43N4O4-. The molecule has 3 aliphatic rings. The van der Waals surface area contributed by atoms with Crippen molar-refractivity contribution in [3.63, 3.8) is 0 Å². The molecule has 1 aromatic rings. The van der Waals surface area contributed by atoms with Gasteiger partial charge in [-0.15, -0.1) is 0 Å². The molecule has 204 valence electrons. The van der Waals surface area contributed by atoms with Crippen molar-refractivity contribution in [2.24, 2.45) is 11.8 Å². The third kappa shape index (κ3) is 7.46. The zero-order valence-electron chi connectivity index (χ0n) is 22.5. The summed E-state index contributed by atoms with van der Waals surface area (Å²) in [5, 5.41) is 14.6. The van der Waals surface area contributed by atoms with Crippen LogP contribution in [0.25, 0.3) is 0 Å². The first-order valence-corrected chi connectivity index (χ1v) is 14.1. The van der Waals surface area contributed by atoms with Crippen LogP contribution in [0.2, 0.25) is 0 Å². The van der Waals surface area contributed by atoms with Gasteiger partial charge < -0.3 is 29.9 Å². The van der Waals surface area contributed by atoms with E-state index in [1.54, 1.807) is 15.9 Å². The van der Waals surface area contributed by atoms with Crippen LogP contribution in [0.1, 0.15) is 80.1 Å². The molecule has 1 N–H and O–H groups in total. The van der Waals surface area contributed by atoms with E-state index in [9.17, 15) is 19.5 Å². The highest BCUT2D eigenvalue weighted by atomic mass is 16.4. The number of amides is 2. The van der Waals surface area contributed by atoms with E-state index in [2.05, 4.69) is 17.3 Å². The Balaban J connectivity index is 1.43. The van der Waals surface area contributed by atoms with E-state index in [-0.39, 0.29) is 11.8 Å². The largest absolute Gasteiger partial charge is 0.550 e. The molecule has 1 aromatic carbocycles. The van der Waals surface area contributed by atoms with Crippen molar-refractivity contribution in [2.75, 3.05) is 45.6 Å². The molecule has 8 heteroatoms. The van der Waals surface area contributed by atoms with Gasteiger partial charge in [0.15, 0.2) is 0 Å². The lowest BCUT2D eigenvalue weighted by Crippen LogP contribution is -2.44. The SMILES string of the molecule is CN1CCC(CCN(C)C(=O)c2ccc3c(c2)NC(CC(=O)[O-])C(=O)N(CCC2CCCCC2)C3)CC1. The number of nitrogens with zero attached hydrogens (tertiary/aromatic N) is 3. The Labute approximate surface area is 221 Å². The van der Waals surface area contributed by atoms with Crippen LogP contribution < -0.4 is 10.4 Å². The predicted octanol–water partition coefficient (Wildman–Crippen LogP) is 2.72. The first kappa shape index (κ1) is 27.4. The van der Waals surface area contributed by atoms with Crippen LogP contribution in [-0.2, 0) is 16.1 Å². The van der Waals surface area contributed by atoms with Crippen molar-refractivity contribution < 1.29 is 19.5 Å². The number of rotatable bonds is 9. The number of carbonyl (C=O) groups excluding carboxylic acids is 3. The minimum atomic E-state index is -1.26. The van der Waals surface area contributed by atoms with Crippen LogP contribution in [0.4, 0.5) is 5.69 Å². The van der Waals surface area contributed by atoms with Gasteiger partial charge >= 0.3 is 0 Å². The van der Waals surface area contributed by atoms with Gasteiger partial charge in [0.1, 0.15) is 6.04 Å². The molecule has 4 rings (SSSR count). The highest BCUT2D eigenvalue weighted by molar-refractivity contribution is 5.96. The molecule has 8 nitrogen and oxygen atoms in total. The van der Waals surface area contributed by atoms with Crippen molar-refractivity contribution in [3.05, 3.63) is 29.3 Å². The van der Waals surface area contributed by atoms with Crippen molar-refractivity contribution in [1.82, 2.24) is 14.7 Å². The summed E-state index contributed by atoms with van der Waals surface area (Å²) in [4.78, 5) is 43.9. The molecule has 1 unspecified atom stereocenters. The lowest BCUT2D eigenvalue weighted by atomic mass is 9.87. The Morgan fingerprint density at radius 2 is 1.76 bits per heavy atom. The van der Waals surface area contributed by atoms with Crippen LogP contribution >= 0.6 is 0 Å². The van der Waals surface area contributed by atoms with Crippen LogP contribution in [0.5, 0.6) is 0 Å².